The Morgan fingerprint density at radius 3 is 2.41 bits per heavy atom. The van der Waals surface area contributed by atoms with E-state index < -0.39 is 5.82 Å². The minimum Gasteiger partial charge on any atom is -0.355 e. The third-order valence-corrected chi connectivity index (χ3v) is 6.77. The van der Waals surface area contributed by atoms with Crippen LogP contribution < -0.4 is 10.2 Å². The van der Waals surface area contributed by atoms with E-state index in [-0.39, 0.29) is 43.7 Å². The lowest BCUT2D eigenvalue weighted by Crippen LogP contribution is -2.48. The Kier molecular flexibility index (Phi) is 10.2. The number of likely N-dealkylation sites (N-methyl/N-ethyl adjacent to an activating group) is 1. The summed E-state index contributed by atoms with van der Waals surface area (Å²) in [5.74, 6) is -0.464. The summed E-state index contributed by atoms with van der Waals surface area (Å²) < 4.78 is 20.0. The van der Waals surface area contributed by atoms with Gasteiger partial charge in [-0.15, -0.1) is 0 Å². The number of carbonyl (C=O) groups is 2. The SMILES string of the molecule is C.CCCCCNC(=O)CN(CC(=O)N(C)N1Cc2ccccc2C1)c1cc(-c2noc(C)n2)c(F)cc1C. The van der Waals surface area contributed by atoms with Crippen LogP contribution >= 0.6 is 0 Å². The molecular formula is C29H39FN6O3. The molecule has 0 aliphatic carbocycles. The summed E-state index contributed by atoms with van der Waals surface area (Å²) in [5.41, 5.74) is 3.66. The minimum absolute atomic E-state index is 0. The molecule has 0 unspecified atom stereocenters. The fourth-order valence-corrected chi connectivity index (χ4v) is 4.59. The maximum Gasteiger partial charge on any atom is 0.256 e. The Morgan fingerprint density at radius 2 is 1.79 bits per heavy atom. The summed E-state index contributed by atoms with van der Waals surface area (Å²) in [6.45, 7) is 7.19. The van der Waals surface area contributed by atoms with Gasteiger partial charge < -0.3 is 14.7 Å². The zero-order valence-electron chi connectivity index (χ0n) is 22.5. The molecule has 3 aromatic rings. The van der Waals surface area contributed by atoms with Gasteiger partial charge in [0.15, 0.2) is 0 Å². The van der Waals surface area contributed by atoms with Gasteiger partial charge in [0.2, 0.25) is 17.6 Å². The molecule has 0 bridgehead atoms. The molecule has 0 radical (unpaired) electrons. The molecule has 10 heteroatoms. The van der Waals surface area contributed by atoms with Gasteiger partial charge in [0.05, 0.1) is 18.7 Å². The molecule has 39 heavy (non-hydrogen) atoms. The van der Waals surface area contributed by atoms with Crippen molar-refractivity contribution < 1.29 is 18.5 Å². The number of aromatic nitrogens is 2. The van der Waals surface area contributed by atoms with Crippen molar-refractivity contribution in [3.63, 3.8) is 0 Å². The normalized spacial score (nSPS) is 12.5. The van der Waals surface area contributed by atoms with E-state index in [9.17, 15) is 14.0 Å². The van der Waals surface area contributed by atoms with Crippen molar-refractivity contribution in [1.82, 2.24) is 25.5 Å². The molecule has 9 nitrogen and oxygen atoms in total. The highest BCUT2D eigenvalue weighted by Crippen LogP contribution is 2.30. The van der Waals surface area contributed by atoms with Gasteiger partial charge in [-0.1, -0.05) is 56.6 Å². The molecule has 4 rings (SSSR count). The third-order valence-electron chi connectivity index (χ3n) is 6.77. The predicted octanol–water partition coefficient (Wildman–Crippen LogP) is 4.63. The van der Waals surface area contributed by atoms with E-state index in [0.29, 0.717) is 36.8 Å². The molecule has 210 valence electrons. The number of rotatable bonds is 11. The van der Waals surface area contributed by atoms with Gasteiger partial charge in [0.1, 0.15) is 5.82 Å². The quantitative estimate of drug-likeness (QED) is 0.356. The number of halogens is 1. The average Bonchev–Trinajstić information content (AvgIpc) is 3.52. The van der Waals surface area contributed by atoms with Gasteiger partial charge in [-0.05, 0) is 42.2 Å². The van der Waals surface area contributed by atoms with Crippen LogP contribution in [-0.4, -0.2) is 58.7 Å². The van der Waals surface area contributed by atoms with Crippen molar-refractivity contribution >= 4 is 17.5 Å². The number of nitrogens with zero attached hydrogens (tertiary/aromatic N) is 5. The molecule has 1 N–H and O–H groups in total. The average molecular weight is 539 g/mol. The van der Waals surface area contributed by atoms with E-state index in [0.717, 1.165) is 19.3 Å². The number of anilines is 1. The molecule has 1 aromatic heterocycles. The number of carbonyl (C=O) groups excluding carboxylic acids is 2. The number of hydrogen-bond donors (Lipinski definition) is 1. The second-order valence-electron chi connectivity index (χ2n) is 9.68. The van der Waals surface area contributed by atoms with Gasteiger partial charge in [-0.25, -0.2) is 9.40 Å². The maximum absolute atomic E-state index is 14.9. The van der Waals surface area contributed by atoms with Crippen molar-refractivity contribution in [2.75, 3.05) is 31.6 Å². The Hall–Kier alpha value is -3.79. The molecule has 2 heterocycles. The highest BCUT2D eigenvalue weighted by Gasteiger charge is 2.27. The third kappa shape index (κ3) is 7.20. The van der Waals surface area contributed by atoms with E-state index in [1.807, 2.05) is 17.1 Å². The second-order valence-corrected chi connectivity index (χ2v) is 9.68. The Balaban J connectivity index is 0.00000420. The molecule has 1 aliphatic rings. The molecule has 2 amide bonds. The second kappa shape index (κ2) is 13.3. The standard InChI is InChI=1S/C28H35FN6O3.CH4/c1-5-6-9-12-30-26(36)17-34(18-27(37)33(4)35-15-21-10-7-8-11-22(21)16-35)25-14-23(24(29)13-19(25)2)28-31-20(3)38-32-28;/h7-8,10-11,13-14H,5-6,9,12,15-18H2,1-4H3,(H,30,36);1H4. The van der Waals surface area contributed by atoms with E-state index in [4.69, 9.17) is 4.52 Å². The molecule has 0 atom stereocenters. The predicted molar refractivity (Wildman–Crippen MR) is 149 cm³/mol. The Labute approximate surface area is 229 Å². The van der Waals surface area contributed by atoms with Crippen LogP contribution in [0.3, 0.4) is 0 Å². The van der Waals surface area contributed by atoms with Crippen LogP contribution in [-0.2, 0) is 22.7 Å². The number of amides is 2. The summed E-state index contributed by atoms with van der Waals surface area (Å²) in [6, 6.07) is 11.1. The number of unbranched alkanes of at least 4 members (excludes halogenated alkanes) is 2. The maximum atomic E-state index is 14.9. The summed E-state index contributed by atoms with van der Waals surface area (Å²) in [4.78, 5) is 32.2. The number of nitrogens with one attached hydrogen (secondary N) is 1. The van der Waals surface area contributed by atoms with Crippen LogP contribution in [0.2, 0.25) is 0 Å². The van der Waals surface area contributed by atoms with Crippen LogP contribution in [0.4, 0.5) is 10.1 Å². The van der Waals surface area contributed by atoms with Crippen LogP contribution in [0.1, 0.15) is 56.2 Å². The Morgan fingerprint density at radius 1 is 1.10 bits per heavy atom. The zero-order chi connectivity index (χ0) is 27.2. The Bertz CT molecular complexity index is 1270. The molecule has 0 spiro atoms. The van der Waals surface area contributed by atoms with Crippen molar-refractivity contribution in [2.24, 2.45) is 0 Å². The highest BCUT2D eigenvalue weighted by molar-refractivity contribution is 5.87. The van der Waals surface area contributed by atoms with Crippen LogP contribution in [0.25, 0.3) is 11.4 Å². The first kappa shape index (κ1) is 29.8. The van der Waals surface area contributed by atoms with Crippen LogP contribution in [0, 0.1) is 19.7 Å². The zero-order valence-corrected chi connectivity index (χ0v) is 22.5. The van der Waals surface area contributed by atoms with Gasteiger partial charge in [-0.2, -0.15) is 4.98 Å². The molecule has 0 saturated heterocycles. The molecular weight excluding hydrogens is 499 g/mol. The molecule has 1 aliphatic heterocycles. The lowest BCUT2D eigenvalue weighted by Gasteiger charge is -2.32. The van der Waals surface area contributed by atoms with Crippen LogP contribution in [0.15, 0.2) is 40.9 Å². The fraction of sp³-hybridized carbons (Fsp3) is 0.448. The largest absolute Gasteiger partial charge is 0.355 e. The monoisotopic (exact) mass is 538 g/mol. The van der Waals surface area contributed by atoms with Crippen molar-refractivity contribution in [1.29, 1.82) is 0 Å². The first-order chi connectivity index (χ1) is 18.3. The molecule has 2 aromatic carbocycles. The highest BCUT2D eigenvalue weighted by atomic mass is 19.1. The first-order valence-electron chi connectivity index (χ1n) is 13.0. The van der Waals surface area contributed by atoms with E-state index in [1.165, 1.54) is 17.2 Å². The number of fused-ring (bicyclic) bond motifs is 1. The number of aryl methyl sites for hydroxylation is 2. The van der Waals surface area contributed by atoms with E-state index in [1.54, 1.807) is 36.9 Å². The summed E-state index contributed by atoms with van der Waals surface area (Å²) in [6.07, 6.45) is 2.96. The molecule has 0 fully saturated rings. The van der Waals surface area contributed by atoms with Gasteiger partial charge in [-0.3, -0.25) is 14.6 Å². The van der Waals surface area contributed by atoms with Gasteiger partial charge >= 0.3 is 0 Å². The number of hydrogen-bond acceptors (Lipinski definition) is 7. The van der Waals surface area contributed by atoms with Crippen molar-refractivity contribution in [3.05, 3.63) is 64.8 Å². The van der Waals surface area contributed by atoms with Crippen molar-refractivity contribution in [3.8, 4) is 11.4 Å². The van der Waals surface area contributed by atoms with Crippen molar-refractivity contribution in [2.45, 2.75) is 60.5 Å². The summed E-state index contributed by atoms with van der Waals surface area (Å²) in [5, 5.41) is 10.4. The van der Waals surface area contributed by atoms with Crippen LogP contribution in [0.5, 0.6) is 0 Å². The van der Waals surface area contributed by atoms with Gasteiger partial charge in [0.25, 0.3) is 5.91 Å². The molecule has 0 saturated carbocycles. The van der Waals surface area contributed by atoms with E-state index >= 15 is 0 Å². The fourth-order valence-electron chi connectivity index (χ4n) is 4.59. The topological polar surface area (TPSA) is 94.8 Å². The smallest absolute Gasteiger partial charge is 0.256 e. The number of hydrazine groups is 1. The lowest BCUT2D eigenvalue weighted by molar-refractivity contribution is -0.145. The summed E-state index contributed by atoms with van der Waals surface area (Å²) in [7, 11) is 1.74. The lowest BCUT2D eigenvalue weighted by atomic mass is 10.1. The number of benzene rings is 2. The van der Waals surface area contributed by atoms with E-state index in [2.05, 4.69) is 34.5 Å². The van der Waals surface area contributed by atoms with Gasteiger partial charge in [0, 0.05) is 39.3 Å². The first-order valence-corrected chi connectivity index (χ1v) is 13.0. The minimum atomic E-state index is -0.505. The summed E-state index contributed by atoms with van der Waals surface area (Å²) >= 11 is 0.